The van der Waals surface area contributed by atoms with Gasteiger partial charge in [0.1, 0.15) is 5.82 Å². The Morgan fingerprint density at radius 3 is 3.08 bits per heavy atom. The predicted molar refractivity (Wildman–Crippen MR) is 48.9 cm³/mol. The summed E-state index contributed by atoms with van der Waals surface area (Å²) in [6.07, 6.45) is 1.18. The zero-order valence-corrected chi connectivity index (χ0v) is 6.96. The molecule has 64 valence electrons. The van der Waals surface area contributed by atoms with Gasteiger partial charge in [0, 0.05) is 18.2 Å². The second-order valence-electron chi connectivity index (χ2n) is 3.18. The van der Waals surface area contributed by atoms with Crippen molar-refractivity contribution in [1.29, 1.82) is 0 Å². The largest absolute Gasteiger partial charge is 0.384 e. The standard InChI is InChI=1S/C9H13N3/c10-9-3-1-2-8(12-9)7-4-5-11-6-7/h1-3,7,11H,4-6H2,(H2,10,12). The zero-order valence-electron chi connectivity index (χ0n) is 6.96. The van der Waals surface area contributed by atoms with Gasteiger partial charge in [0.15, 0.2) is 0 Å². The van der Waals surface area contributed by atoms with E-state index in [0.29, 0.717) is 11.7 Å². The molecule has 1 aliphatic rings. The van der Waals surface area contributed by atoms with E-state index in [1.54, 1.807) is 0 Å². The van der Waals surface area contributed by atoms with Crippen LogP contribution in [0.2, 0.25) is 0 Å². The van der Waals surface area contributed by atoms with Gasteiger partial charge in [-0.15, -0.1) is 0 Å². The first kappa shape index (κ1) is 7.55. The molecule has 1 aromatic rings. The third-order valence-electron chi connectivity index (χ3n) is 2.27. The molecule has 0 saturated carbocycles. The molecule has 3 N–H and O–H groups in total. The molecule has 1 aromatic heterocycles. The van der Waals surface area contributed by atoms with Crippen LogP contribution in [0, 0.1) is 0 Å². The summed E-state index contributed by atoms with van der Waals surface area (Å²) in [6.45, 7) is 2.14. The maximum atomic E-state index is 5.59. The SMILES string of the molecule is Nc1cccc(C2CCNC2)n1. The van der Waals surface area contributed by atoms with Gasteiger partial charge in [-0.1, -0.05) is 6.07 Å². The van der Waals surface area contributed by atoms with Crippen LogP contribution in [0.15, 0.2) is 18.2 Å². The van der Waals surface area contributed by atoms with Crippen molar-refractivity contribution in [2.45, 2.75) is 12.3 Å². The smallest absolute Gasteiger partial charge is 0.123 e. The molecule has 0 spiro atoms. The van der Waals surface area contributed by atoms with Gasteiger partial charge in [-0.2, -0.15) is 0 Å². The van der Waals surface area contributed by atoms with Crippen LogP contribution in [0.3, 0.4) is 0 Å². The van der Waals surface area contributed by atoms with Crippen LogP contribution in [-0.4, -0.2) is 18.1 Å². The average molecular weight is 163 g/mol. The second-order valence-corrected chi connectivity index (χ2v) is 3.18. The maximum Gasteiger partial charge on any atom is 0.123 e. The predicted octanol–water partition coefficient (Wildman–Crippen LogP) is 0.741. The Morgan fingerprint density at radius 1 is 1.50 bits per heavy atom. The highest BCUT2D eigenvalue weighted by Crippen LogP contribution is 2.20. The first-order valence-electron chi connectivity index (χ1n) is 4.29. The van der Waals surface area contributed by atoms with Crippen LogP contribution in [0.25, 0.3) is 0 Å². The van der Waals surface area contributed by atoms with Crippen LogP contribution >= 0.6 is 0 Å². The molecule has 1 unspecified atom stereocenters. The first-order valence-corrected chi connectivity index (χ1v) is 4.29. The monoisotopic (exact) mass is 163 g/mol. The Morgan fingerprint density at radius 2 is 2.42 bits per heavy atom. The molecule has 0 bridgehead atoms. The number of anilines is 1. The van der Waals surface area contributed by atoms with Gasteiger partial charge in [-0.25, -0.2) is 4.98 Å². The number of nitrogens with zero attached hydrogens (tertiary/aromatic N) is 1. The lowest BCUT2D eigenvalue weighted by Crippen LogP contribution is -2.09. The lowest BCUT2D eigenvalue weighted by molar-refractivity contribution is 0.736. The topological polar surface area (TPSA) is 50.9 Å². The van der Waals surface area contributed by atoms with E-state index in [0.717, 1.165) is 18.8 Å². The van der Waals surface area contributed by atoms with Gasteiger partial charge >= 0.3 is 0 Å². The molecule has 3 nitrogen and oxygen atoms in total. The van der Waals surface area contributed by atoms with Crippen molar-refractivity contribution in [2.24, 2.45) is 0 Å². The minimum atomic E-state index is 0.563. The molecule has 1 saturated heterocycles. The molecule has 1 fully saturated rings. The summed E-state index contributed by atoms with van der Waals surface area (Å²) >= 11 is 0. The van der Waals surface area contributed by atoms with Gasteiger partial charge < -0.3 is 11.1 Å². The zero-order chi connectivity index (χ0) is 8.39. The Kier molecular flexibility index (Phi) is 1.96. The average Bonchev–Trinajstić information content (AvgIpc) is 2.56. The minimum absolute atomic E-state index is 0.563. The van der Waals surface area contributed by atoms with E-state index < -0.39 is 0 Å². The molecule has 0 aromatic carbocycles. The summed E-state index contributed by atoms with van der Waals surface area (Å²) in [6, 6.07) is 5.84. The molecule has 0 radical (unpaired) electrons. The Bertz CT molecular complexity index is 266. The summed E-state index contributed by atoms with van der Waals surface area (Å²) in [4.78, 5) is 4.29. The molecule has 12 heavy (non-hydrogen) atoms. The maximum absolute atomic E-state index is 5.59. The van der Waals surface area contributed by atoms with Crippen LogP contribution in [-0.2, 0) is 0 Å². The molecule has 2 heterocycles. The van der Waals surface area contributed by atoms with Crippen LogP contribution < -0.4 is 11.1 Å². The van der Waals surface area contributed by atoms with E-state index in [-0.39, 0.29) is 0 Å². The van der Waals surface area contributed by atoms with E-state index >= 15 is 0 Å². The third-order valence-corrected chi connectivity index (χ3v) is 2.27. The second kappa shape index (κ2) is 3.11. The quantitative estimate of drug-likeness (QED) is 0.642. The molecule has 1 atom stereocenters. The molecule has 0 amide bonds. The van der Waals surface area contributed by atoms with Crippen molar-refractivity contribution in [3.8, 4) is 0 Å². The summed E-state index contributed by atoms with van der Waals surface area (Å²) in [5.41, 5.74) is 6.72. The van der Waals surface area contributed by atoms with Gasteiger partial charge in [0.05, 0.1) is 0 Å². The fraction of sp³-hybridized carbons (Fsp3) is 0.444. The van der Waals surface area contributed by atoms with E-state index in [1.807, 2.05) is 18.2 Å². The Labute approximate surface area is 72.0 Å². The number of nitrogens with one attached hydrogen (secondary N) is 1. The van der Waals surface area contributed by atoms with Gasteiger partial charge in [-0.05, 0) is 25.1 Å². The normalized spacial score (nSPS) is 22.8. The number of hydrogen-bond acceptors (Lipinski definition) is 3. The van der Waals surface area contributed by atoms with Crippen molar-refractivity contribution in [1.82, 2.24) is 10.3 Å². The van der Waals surface area contributed by atoms with Crippen LogP contribution in [0.4, 0.5) is 5.82 Å². The van der Waals surface area contributed by atoms with Crippen molar-refractivity contribution >= 4 is 5.82 Å². The Balaban J connectivity index is 2.21. The lowest BCUT2D eigenvalue weighted by atomic mass is 10.0. The number of rotatable bonds is 1. The van der Waals surface area contributed by atoms with Gasteiger partial charge in [-0.3, -0.25) is 0 Å². The number of nitrogens with two attached hydrogens (primary N) is 1. The molecular weight excluding hydrogens is 150 g/mol. The molecule has 1 aliphatic heterocycles. The molecular formula is C9H13N3. The van der Waals surface area contributed by atoms with Gasteiger partial charge in [0.2, 0.25) is 0 Å². The van der Waals surface area contributed by atoms with Crippen LogP contribution in [0.5, 0.6) is 0 Å². The van der Waals surface area contributed by atoms with Crippen molar-refractivity contribution in [3.05, 3.63) is 23.9 Å². The highest BCUT2D eigenvalue weighted by Gasteiger charge is 2.17. The Hall–Kier alpha value is -1.09. The first-order chi connectivity index (χ1) is 5.86. The fourth-order valence-corrected chi connectivity index (χ4v) is 1.60. The summed E-state index contributed by atoms with van der Waals surface area (Å²) < 4.78 is 0. The summed E-state index contributed by atoms with van der Waals surface area (Å²) in [5, 5.41) is 3.31. The van der Waals surface area contributed by atoms with Crippen molar-refractivity contribution < 1.29 is 0 Å². The minimum Gasteiger partial charge on any atom is -0.384 e. The van der Waals surface area contributed by atoms with Crippen LogP contribution in [0.1, 0.15) is 18.0 Å². The van der Waals surface area contributed by atoms with E-state index in [9.17, 15) is 0 Å². The summed E-state index contributed by atoms with van der Waals surface area (Å²) in [7, 11) is 0. The molecule has 0 aliphatic carbocycles. The number of pyridine rings is 1. The molecule has 3 heteroatoms. The van der Waals surface area contributed by atoms with Gasteiger partial charge in [0.25, 0.3) is 0 Å². The highest BCUT2D eigenvalue weighted by molar-refractivity contribution is 5.30. The fourth-order valence-electron chi connectivity index (χ4n) is 1.60. The molecule has 2 rings (SSSR count). The van der Waals surface area contributed by atoms with E-state index in [4.69, 9.17) is 5.73 Å². The number of hydrogen-bond donors (Lipinski definition) is 2. The van der Waals surface area contributed by atoms with Crippen molar-refractivity contribution in [3.63, 3.8) is 0 Å². The number of aromatic nitrogens is 1. The highest BCUT2D eigenvalue weighted by atomic mass is 14.9. The van der Waals surface area contributed by atoms with E-state index in [2.05, 4.69) is 10.3 Å². The van der Waals surface area contributed by atoms with Crippen molar-refractivity contribution in [2.75, 3.05) is 18.8 Å². The summed E-state index contributed by atoms with van der Waals surface area (Å²) in [5.74, 6) is 1.19. The number of nitrogen functional groups attached to an aromatic ring is 1. The van der Waals surface area contributed by atoms with E-state index in [1.165, 1.54) is 6.42 Å². The third kappa shape index (κ3) is 1.41. The lowest BCUT2D eigenvalue weighted by Gasteiger charge is -2.07.